The zero-order valence-corrected chi connectivity index (χ0v) is 8.23. The standard InChI is InChI=1S/C11H15NO2/c1-11(7-8-12)5-2-3-9(4-6-11)10(13)14/h2-6H,7-8,12H2,1H3,(H,13,14). The lowest BCUT2D eigenvalue weighted by atomic mass is 9.86. The third-order valence-corrected chi connectivity index (χ3v) is 2.33. The van der Waals surface area contributed by atoms with Gasteiger partial charge in [0.15, 0.2) is 0 Å². The van der Waals surface area contributed by atoms with Crippen molar-refractivity contribution in [3.63, 3.8) is 0 Å². The molecule has 0 aromatic heterocycles. The maximum atomic E-state index is 10.7. The average Bonchev–Trinajstić information content (AvgIpc) is 2.28. The molecule has 3 N–H and O–H groups in total. The third kappa shape index (κ3) is 2.57. The normalized spacial score (nSPS) is 25.7. The van der Waals surface area contributed by atoms with Crippen molar-refractivity contribution in [2.24, 2.45) is 11.1 Å². The molecule has 3 heteroatoms. The number of rotatable bonds is 3. The summed E-state index contributed by atoms with van der Waals surface area (Å²) in [6, 6.07) is 0. The summed E-state index contributed by atoms with van der Waals surface area (Å²) in [4.78, 5) is 10.7. The van der Waals surface area contributed by atoms with E-state index in [1.54, 1.807) is 18.2 Å². The predicted molar refractivity (Wildman–Crippen MR) is 55.8 cm³/mol. The number of aliphatic carboxylic acids is 1. The van der Waals surface area contributed by atoms with Crippen LogP contribution in [0.15, 0.2) is 36.0 Å². The van der Waals surface area contributed by atoms with E-state index in [4.69, 9.17) is 10.8 Å². The first-order valence-corrected chi connectivity index (χ1v) is 4.59. The van der Waals surface area contributed by atoms with Gasteiger partial charge in [0.05, 0.1) is 5.57 Å². The minimum atomic E-state index is -0.900. The smallest absolute Gasteiger partial charge is 0.335 e. The van der Waals surface area contributed by atoms with Crippen LogP contribution >= 0.6 is 0 Å². The molecule has 0 aliphatic heterocycles. The molecular formula is C11H15NO2. The summed E-state index contributed by atoms with van der Waals surface area (Å²) in [6.07, 6.45) is 9.70. The topological polar surface area (TPSA) is 63.3 Å². The number of carboxylic acids is 1. The molecule has 1 rings (SSSR count). The number of hydrogen-bond acceptors (Lipinski definition) is 2. The number of nitrogens with two attached hydrogens (primary N) is 1. The number of allylic oxidation sites excluding steroid dienone is 4. The van der Waals surface area contributed by atoms with Crippen LogP contribution < -0.4 is 5.73 Å². The van der Waals surface area contributed by atoms with Gasteiger partial charge in [-0.3, -0.25) is 0 Å². The van der Waals surface area contributed by atoms with Crippen LogP contribution in [0.3, 0.4) is 0 Å². The molecule has 1 aliphatic rings. The maximum absolute atomic E-state index is 10.7. The summed E-state index contributed by atoms with van der Waals surface area (Å²) in [5.41, 5.74) is 5.67. The fourth-order valence-corrected chi connectivity index (χ4v) is 1.38. The molecule has 0 fully saturated rings. The lowest BCUT2D eigenvalue weighted by molar-refractivity contribution is -0.132. The quantitative estimate of drug-likeness (QED) is 0.713. The van der Waals surface area contributed by atoms with Gasteiger partial charge in [-0.05, 0) is 19.0 Å². The summed E-state index contributed by atoms with van der Waals surface area (Å²) in [7, 11) is 0. The Balaban J connectivity index is 2.86. The highest BCUT2D eigenvalue weighted by Crippen LogP contribution is 2.27. The van der Waals surface area contributed by atoms with Gasteiger partial charge >= 0.3 is 5.97 Å². The lowest BCUT2D eigenvalue weighted by Gasteiger charge is -2.19. The number of hydrogen-bond donors (Lipinski definition) is 2. The van der Waals surface area contributed by atoms with E-state index in [9.17, 15) is 4.79 Å². The molecule has 76 valence electrons. The minimum Gasteiger partial charge on any atom is -0.478 e. The maximum Gasteiger partial charge on any atom is 0.335 e. The number of carboxylic acid groups (broad SMARTS) is 1. The molecule has 14 heavy (non-hydrogen) atoms. The van der Waals surface area contributed by atoms with Gasteiger partial charge < -0.3 is 10.8 Å². The Morgan fingerprint density at radius 1 is 1.57 bits per heavy atom. The highest BCUT2D eigenvalue weighted by atomic mass is 16.4. The van der Waals surface area contributed by atoms with Crippen molar-refractivity contribution in [3.8, 4) is 0 Å². The molecule has 0 bridgehead atoms. The van der Waals surface area contributed by atoms with Crippen molar-refractivity contribution in [2.75, 3.05) is 6.54 Å². The van der Waals surface area contributed by atoms with Crippen LogP contribution in [0.5, 0.6) is 0 Å². The Morgan fingerprint density at radius 2 is 2.29 bits per heavy atom. The van der Waals surface area contributed by atoms with E-state index in [0.29, 0.717) is 12.1 Å². The Labute approximate surface area is 83.6 Å². The lowest BCUT2D eigenvalue weighted by Crippen LogP contribution is -2.15. The minimum absolute atomic E-state index is 0.123. The fourth-order valence-electron chi connectivity index (χ4n) is 1.38. The van der Waals surface area contributed by atoms with Gasteiger partial charge in [0.25, 0.3) is 0 Å². The first kappa shape index (κ1) is 10.7. The van der Waals surface area contributed by atoms with Gasteiger partial charge in [-0.1, -0.05) is 31.2 Å². The van der Waals surface area contributed by atoms with E-state index in [1.165, 1.54) is 0 Å². The Hall–Kier alpha value is -1.35. The Morgan fingerprint density at radius 3 is 2.86 bits per heavy atom. The summed E-state index contributed by atoms with van der Waals surface area (Å²) < 4.78 is 0. The van der Waals surface area contributed by atoms with Crippen molar-refractivity contribution < 1.29 is 9.90 Å². The second-order valence-corrected chi connectivity index (χ2v) is 3.66. The average molecular weight is 193 g/mol. The Kier molecular flexibility index (Phi) is 3.25. The molecule has 0 aromatic carbocycles. The molecule has 0 amide bonds. The van der Waals surface area contributed by atoms with E-state index < -0.39 is 5.97 Å². The Bertz CT molecular complexity index is 315. The van der Waals surface area contributed by atoms with Crippen LogP contribution in [0, 0.1) is 5.41 Å². The highest BCUT2D eigenvalue weighted by Gasteiger charge is 2.18. The van der Waals surface area contributed by atoms with Gasteiger partial charge in [-0.15, -0.1) is 0 Å². The van der Waals surface area contributed by atoms with Crippen LogP contribution in [-0.4, -0.2) is 17.6 Å². The number of carbonyl (C=O) groups is 1. The van der Waals surface area contributed by atoms with Crippen LogP contribution in [0.2, 0.25) is 0 Å². The van der Waals surface area contributed by atoms with Crippen molar-refractivity contribution in [3.05, 3.63) is 36.0 Å². The van der Waals surface area contributed by atoms with Crippen LogP contribution in [0.1, 0.15) is 13.3 Å². The van der Waals surface area contributed by atoms with Gasteiger partial charge in [0, 0.05) is 5.41 Å². The van der Waals surface area contributed by atoms with Gasteiger partial charge in [0.1, 0.15) is 0 Å². The summed E-state index contributed by atoms with van der Waals surface area (Å²) >= 11 is 0. The van der Waals surface area contributed by atoms with Crippen LogP contribution in [-0.2, 0) is 4.79 Å². The molecule has 0 heterocycles. The van der Waals surface area contributed by atoms with Crippen molar-refractivity contribution in [1.29, 1.82) is 0 Å². The SMILES string of the molecule is CC1(CCN)C=CC=C(C(=O)O)C=C1. The molecule has 0 spiro atoms. The van der Waals surface area contributed by atoms with E-state index in [1.807, 2.05) is 19.1 Å². The van der Waals surface area contributed by atoms with E-state index in [2.05, 4.69) is 0 Å². The zero-order valence-electron chi connectivity index (χ0n) is 8.23. The molecular weight excluding hydrogens is 178 g/mol. The highest BCUT2D eigenvalue weighted by molar-refractivity contribution is 5.90. The van der Waals surface area contributed by atoms with Crippen LogP contribution in [0.25, 0.3) is 0 Å². The molecule has 1 unspecified atom stereocenters. The molecule has 1 aliphatic carbocycles. The summed E-state index contributed by atoms with van der Waals surface area (Å²) in [5.74, 6) is -0.900. The first-order chi connectivity index (χ1) is 6.57. The molecule has 0 saturated carbocycles. The van der Waals surface area contributed by atoms with Gasteiger partial charge in [-0.25, -0.2) is 4.79 Å². The first-order valence-electron chi connectivity index (χ1n) is 4.59. The molecule has 1 atom stereocenters. The molecule has 0 aromatic rings. The van der Waals surface area contributed by atoms with Gasteiger partial charge in [-0.2, -0.15) is 0 Å². The third-order valence-electron chi connectivity index (χ3n) is 2.33. The van der Waals surface area contributed by atoms with Crippen molar-refractivity contribution in [1.82, 2.24) is 0 Å². The van der Waals surface area contributed by atoms with E-state index >= 15 is 0 Å². The monoisotopic (exact) mass is 193 g/mol. The second-order valence-electron chi connectivity index (χ2n) is 3.66. The van der Waals surface area contributed by atoms with Crippen LogP contribution in [0.4, 0.5) is 0 Å². The molecule has 3 nitrogen and oxygen atoms in total. The van der Waals surface area contributed by atoms with Crippen molar-refractivity contribution in [2.45, 2.75) is 13.3 Å². The second kappa shape index (κ2) is 4.24. The fraction of sp³-hybridized carbons (Fsp3) is 0.364. The largest absolute Gasteiger partial charge is 0.478 e. The van der Waals surface area contributed by atoms with E-state index in [0.717, 1.165) is 6.42 Å². The zero-order chi connectivity index (χ0) is 10.6. The summed E-state index contributed by atoms with van der Waals surface area (Å²) in [5, 5.41) is 8.79. The van der Waals surface area contributed by atoms with Crippen molar-refractivity contribution >= 4 is 5.97 Å². The molecule has 0 saturated heterocycles. The molecule has 0 radical (unpaired) electrons. The predicted octanol–water partition coefficient (Wildman–Crippen LogP) is 1.48. The van der Waals surface area contributed by atoms with Gasteiger partial charge in [0.2, 0.25) is 0 Å². The summed E-state index contributed by atoms with van der Waals surface area (Å²) in [6.45, 7) is 2.62. The van der Waals surface area contributed by atoms with E-state index in [-0.39, 0.29) is 5.41 Å².